The highest BCUT2D eigenvalue weighted by Crippen LogP contribution is 2.20. The lowest BCUT2D eigenvalue weighted by Gasteiger charge is -2.24. The molecule has 0 saturated carbocycles. The summed E-state index contributed by atoms with van der Waals surface area (Å²) in [5.74, 6) is -0.0296. The minimum Gasteiger partial charge on any atom is -0.371 e. The second-order valence-corrected chi connectivity index (χ2v) is 6.66. The van der Waals surface area contributed by atoms with Gasteiger partial charge in [-0.2, -0.15) is 9.90 Å². The van der Waals surface area contributed by atoms with Gasteiger partial charge < -0.3 is 10.1 Å². The second-order valence-electron chi connectivity index (χ2n) is 6.66. The van der Waals surface area contributed by atoms with Gasteiger partial charge in [-0.15, -0.1) is 5.10 Å². The van der Waals surface area contributed by atoms with E-state index in [1.807, 2.05) is 61.5 Å². The minimum atomic E-state index is -0.0296. The van der Waals surface area contributed by atoms with E-state index < -0.39 is 0 Å². The molecule has 4 rings (SSSR count). The Morgan fingerprint density at radius 3 is 2.63 bits per heavy atom. The number of ketones is 1. The monoisotopic (exact) mass is 362 g/mol. The van der Waals surface area contributed by atoms with Crippen molar-refractivity contribution in [3.63, 3.8) is 0 Å². The number of hydrogen-bond acceptors (Lipinski definition) is 5. The number of morpholine rings is 1. The van der Waals surface area contributed by atoms with Crippen molar-refractivity contribution in [2.45, 2.75) is 19.4 Å². The fourth-order valence-corrected chi connectivity index (χ4v) is 3.21. The van der Waals surface area contributed by atoms with Crippen LogP contribution in [0.2, 0.25) is 0 Å². The van der Waals surface area contributed by atoms with Gasteiger partial charge in [0.05, 0.1) is 24.1 Å². The normalized spacial score (nSPS) is 17.0. The molecule has 2 aromatic carbocycles. The van der Waals surface area contributed by atoms with Crippen LogP contribution in [0, 0.1) is 6.92 Å². The highest BCUT2D eigenvalue weighted by molar-refractivity contribution is 5.96. The smallest absolute Gasteiger partial charge is 0.189 e. The van der Waals surface area contributed by atoms with Crippen LogP contribution in [0.5, 0.6) is 0 Å². The zero-order valence-corrected chi connectivity index (χ0v) is 15.3. The Balaban J connectivity index is 1.47. The van der Waals surface area contributed by atoms with Crippen LogP contribution in [0.4, 0.5) is 0 Å². The van der Waals surface area contributed by atoms with Gasteiger partial charge in [0, 0.05) is 19.5 Å². The molecule has 1 atom stereocenters. The Bertz CT molecular complexity index is 913. The molecule has 6 nitrogen and oxygen atoms in total. The molecular formula is C21H22N4O2. The van der Waals surface area contributed by atoms with Gasteiger partial charge in [-0.1, -0.05) is 42.5 Å². The molecule has 1 aromatic heterocycles. The van der Waals surface area contributed by atoms with Crippen LogP contribution >= 0.6 is 0 Å². The van der Waals surface area contributed by atoms with Crippen molar-refractivity contribution in [3.8, 4) is 5.69 Å². The van der Waals surface area contributed by atoms with Gasteiger partial charge in [0.2, 0.25) is 0 Å². The maximum absolute atomic E-state index is 12.7. The summed E-state index contributed by atoms with van der Waals surface area (Å²) in [7, 11) is 0. The third kappa shape index (κ3) is 3.97. The van der Waals surface area contributed by atoms with E-state index in [0.29, 0.717) is 17.8 Å². The maximum Gasteiger partial charge on any atom is 0.189 e. The van der Waals surface area contributed by atoms with Gasteiger partial charge in [-0.3, -0.25) is 4.79 Å². The molecule has 0 amide bonds. The van der Waals surface area contributed by atoms with E-state index >= 15 is 0 Å². The van der Waals surface area contributed by atoms with Crippen LogP contribution in [0.25, 0.3) is 5.69 Å². The predicted octanol–water partition coefficient (Wildman–Crippen LogP) is 2.66. The lowest BCUT2D eigenvalue weighted by molar-refractivity contribution is 0.0277. The number of carbonyl (C=O) groups excluding carboxylic acids is 1. The van der Waals surface area contributed by atoms with E-state index in [2.05, 4.69) is 15.5 Å². The van der Waals surface area contributed by atoms with E-state index in [4.69, 9.17) is 4.74 Å². The maximum atomic E-state index is 12.7. The molecule has 1 aliphatic heterocycles. The number of nitrogens with zero attached hydrogens (tertiary/aromatic N) is 3. The largest absolute Gasteiger partial charge is 0.371 e. The third-order valence-electron chi connectivity index (χ3n) is 4.68. The number of aryl methyl sites for hydroxylation is 1. The van der Waals surface area contributed by atoms with Gasteiger partial charge in [-0.25, -0.2) is 0 Å². The van der Waals surface area contributed by atoms with E-state index in [-0.39, 0.29) is 11.9 Å². The first-order valence-electron chi connectivity index (χ1n) is 9.14. The molecule has 1 aliphatic rings. The van der Waals surface area contributed by atoms with Crippen LogP contribution in [-0.2, 0) is 11.2 Å². The van der Waals surface area contributed by atoms with Crippen LogP contribution in [0.3, 0.4) is 0 Å². The number of hydrogen-bond donors (Lipinski definition) is 1. The minimum absolute atomic E-state index is 0.0296. The lowest BCUT2D eigenvalue weighted by Crippen LogP contribution is -2.33. The molecule has 3 aromatic rings. The number of aromatic nitrogens is 3. The van der Waals surface area contributed by atoms with Gasteiger partial charge in [0.1, 0.15) is 0 Å². The van der Waals surface area contributed by atoms with Gasteiger partial charge in [0.15, 0.2) is 11.5 Å². The molecule has 0 unspecified atom stereocenters. The standard InChI is InChI=1S/C21H22N4O2/c1-15-21(24-25(23-15)18-5-3-2-4-6-18)19(26)13-16-7-9-17(10-8-16)20-14-22-11-12-27-20/h2-10,20,22H,11-14H2,1H3/t20-/m1/s1. The Hall–Kier alpha value is -2.83. The summed E-state index contributed by atoms with van der Waals surface area (Å²) in [5.41, 5.74) is 3.99. The van der Waals surface area contributed by atoms with Crippen molar-refractivity contribution in [2.24, 2.45) is 0 Å². The number of nitrogens with one attached hydrogen (secondary N) is 1. The molecule has 1 N–H and O–H groups in total. The molecule has 1 fully saturated rings. The molecule has 0 aliphatic carbocycles. The Morgan fingerprint density at radius 2 is 1.93 bits per heavy atom. The first kappa shape index (κ1) is 17.6. The van der Waals surface area contributed by atoms with Crippen LogP contribution in [0.15, 0.2) is 54.6 Å². The summed E-state index contributed by atoms with van der Waals surface area (Å²) in [5, 5.41) is 12.1. The molecule has 138 valence electrons. The SMILES string of the molecule is Cc1nn(-c2ccccc2)nc1C(=O)Cc1ccc([C@H]2CNCCO2)cc1. The van der Waals surface area contributed by atoms with E-state index in [9.17, 15) is 4.79 Å². The van der Waals surface area contributed by atoms with Gasteiger partial charge >= 0.3 is 0 Å². The fourth-order valence-electron chi connectivity index (χ4n) is 3.21. The number of Topliss-reactive ketones (excluding diaryl/α,β-unsaturated/α-hetero) is 1. The number of benzene rings is 2. The molecule has 6 heteroatoms. The molecular weight excluding hydrogens is 340 g/mol. The molecule has 2 heterocycles. The summed E-state index contributed by atoms with van der Waals surface area (Å²) in [6, 6.07) is 17.6. The summed E-state index contributed by atoms with van der Waals surface area (Å²) >= 11 is 0. The third-order valence-corrected chi connectivity index (χ3v) is 4.68. The van der Waals surface area contributed by atoms with Gasteiger partial charge in [-0.05, 0) is 30.2 Å². The van der Waals surface area contributed by atoms with Crippen molar-refractivity contribution >= 4 is 5.78 Å². The van der Waals surface area contributed by atoms with E-state index in [1.165, 1.54) is 4.80 Å². The lowest BCUT2D eigenvalue weighted by atomic mass is 10.0. The number of rotatable bonds is 5. The molecule has 0 spiro atoms. The Morgan fingerprint density at radius 1 is 1.15 bits per heavy atom. The molecule has 0 radical (unpaired) electrons. The van der Waals surface area contributed by atoms with Crippen LogP contribution in [0.1, 0.15) is 33.4 Å². The van der Waals surface area contributed by atoms with Gasteiger partial charge in [0.25, 0.3) is 0 Å². The van der Waals surface area contributed by atoms with Crippen LogP contribution < -0.4 is 5.32 Å². The van der Waals surface area contributed by atoms with Crippen molar-refractivity contribution in [3.05, 3.63) is 77.1 Å². The fraction of sp³-hybridized carbons (Fsp3) is 0.286. The Kier molecular flexibility index (Phi) is 5.09. The first-order valence-corrected chi connectivity index (χ1v) is 9.14. The van der Waals surface area contributed by atoms with Crippen molar-refractivity contribution < 1.29 is 9.53 Å². The quantitative estimate of drug-likeness (QED) is 0.707. The average Bonchev–Trinajstić information content (AvgIpc) is 3.12. The predicted molar refractivity (Wildman–Crippen MR) is 102 cm³/mol. The zero-order valence-electron chi connectivity index (χ0n) is 15.3. The van der Waals surface area contributed by atoms with Crippen molar-refractivity contribution in [2.75, 3.05) is 19.7 Å². The summed E-state index contributed by atoms with van der Waals surface area (Å²) in [6.07, 6.45) is 0.384. The molecule has 27 heavy (non-hydrogen) atoms. The number of para-hydroxylation sites is 1. The van der Waals surface area contributed by atoms with E-state index in [0.717, 1.165) is 36.5 Å². The number of carbonyl (C=O) groups is 1. The van der Waals surface area contributed by atoms with Crippen molar-refractivity contribution in [1.82, 2.24) is 20.3 Å². The second kappa shape index (κ2) is 7.82. The highest BCUT2D eigenvalue weighted by atomic mass is 16.5. The average molecular weight is 362 g/mol. The first-order chi connectivity index (χ1) is 13.2. The van der Waals surface area contributed by atoms with Crippen molar-refractivity contribution in [1.29, 1.82) is 0 Å². The van der Waals surface area contributed by atoms with Crippen LogP contribution in [-0.4, -0.2) is 40.5 Å². The Labute approximate surface area is 158 Å². The summed E-state index contributed by atoms with van der Waals surface area (Å²) in [4.78, 5) is 14.2. The molecule has 0 bridgehead atoms. The van der Waals surface area contributed by atoms with E-state index in [1.54, 1.807) is 0 Å². The topological polar surface area (TPSA) is 69.0 Å². The highest BCUT2D eigenvalue weighted by Gasteiger charge is 2.18. The zero-order chi connectivity index (χ0) is 18.6. The summed E-state index contributed by atoms with van der Waals surface area (Å²) in [6.45, 7) is 4.25. The molecule has 1 saturated heterocycles. The summed E-state index contributed by atoms with van der Waals surface area (Å²) < 4.78 is 5.76. The number of ether oxygens (including phenoxy) is 1.